The van der Waals surface area contributed by atoms with Crippen molar-refractivity contribution in [3.8, 4) is 0 Å². The monoisotopic (exact) mass is 338 g/mol. The number of nitrogens with zero attached hydrogens (tertiary/aromatic N) is 4. The summed E-state index contributed by atoms with van der Waals surface area (Å²) in [7, 11) is 1.68. The Morgan fingerprint density at radius 1 is 1.42 bits per heavy atom. The number of carbonyl (C=O) groups is 1. The summed E-state index contributed by atoms with van der Waals surface area (Å²) in [4.78, 5) is 17.8. The van der Waals surface area contributed by atoms with Gasteiger partial charge in [0.25, 0.3) is 0 Å². The molecule has 2 heterocycles. The van der Waals surface area contributed by atoms with Gasteiger partial charge in [-0.25, -0.2) is 4.79 Å². The standard InChI is InChI=1S/C15H26N6O3/c1-3-24-15(22)21-8-5-12(6-9-21)18-13-11-17-20-14(19-13)16-7-4-10-23-2/h11-12H,3-10H2,1-2H3,(H2,16,18,19,20). The first-order valence-corrected chi connectivity index (χ1v) is 8.33. The number of ether oxygens (including phenoxy) is 2. The Labute approximate surface area is 142 Å². The molecule has 0 aliphatic carbocycles. The maximum absolute atomic E-state index is 11.7. The molecule has 0 aromatic carbocycles. The predicted molar refractivity (Wildman–Crippen MR) is 90.0 cm³/mol. The molecule has 0 radical (unpaired) electrons. The SMILES string of the molecule is CCOC(=O)N1CCC(Nc2cnnc(NCCCOC)n2)CC1. The van der Waals surface area contributed by atoms with Crippen molar-refractivity contribution >= 4 is 17.9 Å². The molecule has 0 unspecified atom stereocenters. The third-order valence-corrected chi connectivity index (χ3v) is 3.74. The summed E-state index contributed by atoms with van der Waals surface area (Å²) in [6.45, 7) is 5.00. The second kappa shape index (κ2) is 9.86. The van der Waals surface area contributed by atoms with E-state index in [1.54, 1.807) is 18.2 Å². The van der Waals surface area contributed by atoms with Gasteiger partial charge < -0.3 is 25.0 Å². The number of amides is 1. The summed E-state index contributed by atoms with van der Waals surface area (Å²) < 4.78 is 10.0. The predicted octanol–water partition coefficient (Wildman–Crippen LogP) is 1.35. The Balaban J connectivity index is 1.77. The molecule has 1 aromatic rings. The van der Waals surface area contributed by atoms with E-state index >= 15 is 0 Å². The smallest absolute Gasteiger partial charge is 0.409 e. The van der Waals surface area contributed by atoms with Crippen molar-refractivity contribution < 1.29 is 14.3 Å². The summed E-state index contributed by atoms with van der Waals surface area (Å²) in [6, 6.07) is 0.258. The van der Waals surface area contributed by atoms with Crippen molar-refractivity contribution in [2.24, 2.45) is 0 Å². The zero-order chi connectivity index (χ0) is 17.2. The van der Waals surface area contributed by atoms with Gasteiger partial charge >= 0.3 is 6.09 Å². The van der Waals surface area contributed by atoms with Crippen LogP contribution >= 0.6 is 0 Å². The maximum Gasteiger partial charge on any atom is 0.409 e. The van der Waals surface area contributed by atoms with E-state index in [0.29, 0.717) is 38.1 Å². The second-order valence-corrected chi connectivity index (χ2v) is 5.54. The Kier molecular flexibility index (Phi) is 7.47. The Morgan fingerprint density at radius 3 is 2.92 bits per heavy atom. The number of aromatic nitrogens is 3. The van der Waals surface area contributed by atoms with Crippen LogP contribution in [0.1, 0.15) is 26.2 Å². The highest BCUT2D eigenvalue weighted by Crippen LogP contribution is 2.16. The minimum absolute atomic E-state index is 0.234. The molecular weight excluding hydrogens is 312 g/mol. The van der Waals surface area contributed by atoms with Gasteiger partial charge in [-0.05, 0) is 26.2 Å². The van der Waals surface area contributed by atoms with Crippen molar-refractivity contribution in [3.63, 3.8) is 0 Å². The van der Waals surface area contributed by atoms with Gasteiger partial charge in [-0.3, -0.25) is 0 Å². The lowest BCUT2D eigenvalue weighted by molar-refractivity contribution is 0.0983. The van der Waals surface area contributed by atoms with Crippen LogP contribution in [0.15, 0.2) is 6.20 Å². The van der Waals surface area contributed by atoms with Crippen LogP contribution in [0.25, 0.3) is 0 Å². The highest BCUT2D eigenvalue weighted by molar-refractivity contribution is 5.67. The number of hydrogen-bond donors (Lipinski definition) is 2. The van der Waals surface area contributed by atoms with Crippen LogP contribution in [0.5, 0.6) is 0 Å². The summed E-state index contributed by atoms with van der Waals surface area (Å²) in [6.07, 6.45) is 3.95. The van der Waals surface area contributed by atoms with E-state index in [2.05, 4.69) is 25.8 Å². The first-order chi connectivity index (χ1) is 11.7. The number of piperidine rings is 1. The molecule has 0 saturated carbocycles. The van der Waals surface area contributed by atoms with Gasteiger partial charge in [0.2, 0.25) is 5.95 Å². The third-order valence-electron chi connectivity index (χ3n) is 3.74. The number of hydrogen-bond acceptors (Lipinski definition) is 8. The summed E-state index contributed by atoms with van der Waals surface area (Å²) in [5.74, 6) is 1.19. The van der Waals surface area contributed by atoms with E-state index in [9.17, 15) is 4.79 Å². The molecule has 2 N–H and O–H groups in total. The Hall–Kier alpha value is -2.16. The van der Waals surface area contributed by atoms with Crippen molar-refractivity contribution in [1.29, 1.82) is 0 Å². The first-order valence-electron chi connectivity index (χ1n) is 8.33. The van der Waals surface area contributed by atoms with Crippen molar-refractivity contribution in [1.82, 2.24) is 20.1 Å². The highest BCUT2D eigenvalue weighted by Gasteiger charge is 2.23. The molecule has 1 fully saturated rings. The number of methoxy groups -OCH3 is 1. The summed E-state index contributed by atoms with van der Waals surface area (Å²) in [5.41, 5.74) is 0. The van der Waals surface area contributed by atoms with Crippen LogP contribution in [-0.4, -0.2) is 72.2 Å². The van der Waals surface area contributed by atoms with Gasteiger partial charge in [-0.1, -0.05) is 0 Å². The quantitative estimate of drug-likeness (QED) is 0.685. The Morgan fingerprint density at radius 2 is 2.21 bits per heavy atom. The molecule has 1 aliphatic rings. The molecule has 9 heteroatoms. The molecule has 1 aromatic heterocycles. The van der Waals surface area contributed by atoms with E-state index in [-0.39, 0.29) is 12.1 Å². The molecule has 9 nitrogen and oxygen atoms in total. The number of rotatable bonds is 8. The zero-order valence-corrected chi connectivity index (χ0v) is 14.3. The number of likely N-dealkylation sites (tertiary alicyclic amines) is 1. The minimum atomic E-state index is -0.234. The van der Waals surface area contributed by atoms with Crippen LogP contribution in [0, 0.1) is 0 Å². The average Bonchev–Trinajstić information content (AvgIpc) is 2.60. The summed E-state index contributed by atoms with van der Waals surface area (Å²) in [5, 5.41) is 14.4. The molecule has 0 atom stereocenters. The zero-order valence-electron chi connectivity index (χ0n) is 14.3. The van der Waals surface area contributed by atoms with Gasteiger partial charge in [0.1, 0.15) is 0 Å². The molecule has 1 aliphatic heterocycles. The van der Waals surface area contributed by atoms with E-state index < -0.39 is 0 Å². The average molecular weight is 338 g/mol. The van der Waals surface area contributed by atoms with E-state index in [1.165, 1.54) is 0 Å². The van der Waals surface area contributed by atoms with E-state index in [1.807, 2.05) is 6.92 Å². The fourth-order valence-corrected chi connectivity index (χ4v) is 2.49. The van der Waals surface area contributed by atoms with Gasteiger partial charge in [-0.15, -0.1) is 5.10 Å². The maximum atomic E-state index is 11.7. The van der Waals surface area contributed by atoms with Crippen LogP contribution in [0.3, 0.4) is 0 Å². The number of nitrogens with one attached hydrogen (secondary N) is 2. The van der Waals surface area contributed by atoms with Gasteiger partial charge in [0.05, 0.1) is 12.8 Å². The third kappa shape index (κ3) is 5.80. The van der Waals surface area contributed by atoms with Crippen molar-refractivity contribution in [2.75, 3.05) is 50.6 Å². The summed E-state index contributed by atoms with van der Waals surface area (Å²) >= 11 is 0. The molecule has 24 heavy (non-hydrogen) atoms. The normalized spacial score (nSPS) is 15.2. The van der Waals surface area contributed by atoms with Crippen LogP contribution in [0.2, 0.25) is 0 Å². The molecule has 134 valence electrons. The lowest BCUT2D eigenvalue weighted by atomic mass is 10.1. The van der Waals surface area contributed by atoms with Gasteiger partial charge in [0, 0.05) is 39.4 Å². The fourth-order valence-electron chi connectivity index (χ4n) is 2.49. The molecule has 1 amide bonds. The number of carbonyl (C=O) groups excluding carboxylic acids is 1. The highest BCUT2D eigenvalue weighted by atomic mass is 16.6. The molecule has 2 rings (SSSR count). The Bertz CT molecular complexity index is 508. The molecule has 0 spiro atoms. The fraction of sp³-hybridized carbons (Fsp3) is 0.733. The van der Waals surface area contributed by atoms with Crippen molar-refractivity contribution in [3.05, 3.63) is 6.20 Å². The van der Waals surface area contributed by atoms with E-state index in [4.69, 9.17) is 9.47 Å². The molecule has 0 bridgehead atoms. The van der Waals surface area contributed by atoms with Gasteiger partial charge in [0.15, 0.2) is 5.82 Å². The topological polar surface area (TPSA) is 102 Å². The molecular formula is C15H26N6O3. The first kappa shape index (κ1) is 18.2. The second-order valence-electron chi connectivity index (χ2n) is 5.54. The van der Waals surface area contributed by atoms with Crippen LogP contribution in [0.4, 0.5) is 16.6 Å². The lowest BCUT2D eigenvalue weighted by Crippen LogP contribution is -2.42. The van der Waals surface area contributed by atoms with E-state index in [0.717, 1.165) is 25.8 Å². The van der Waals surface area contributed by atoms with Gasteiger partial charge in [-0.2, -0.15) is 10.1 Å². The van der Waals surface area contributed by atoms with Crippen LogP contribution in [-0.2, 0) is 9.47 Å². The van der Waals surface area contributed by atoms with Crippen molar-refractivity contribution in [2.45, 2.75) is 32.2 Å². The molecule has 1 saturated heterocycles. The van der Waals surface area contributed by atoms with Crippen LogP contribution < -0.4 is 10.6 Å². The number of anilines is 2. The minimum Gasteiger partial charge on any atom is -0.450 e. The largest absolute Gasteiger partial charge is 0.450 e. The lowest BCUT2D eigenvalue weighted by Gasteiger charge is -2.31.